The van der Waals surface area contributed by atoms with Crippen molar-refractivity contribution in [3.63, 3.8) is 0 Å². The van der Waals surface area contributed by atoms with Crippen LogP contribution in [-0.4, -0.2) is 39.5 Å². The van der Waals surface area contributed by atoms with Crippen molar-refractivity contribution in [2.75, 3.05) is 24.5 Å². The van der Waals surface area contributed by atoms with E-state index in [0.717, 1.165) is 61.2 Å². The third-order valence-electron chi connectivity index (χ3n) is 5.42. The molecule has 6 nitrogen and oxygen atoms in total. The second-order valence-electron chi connectivity index (χ2n) is 7.74. The maximum absolute atomic E-state index is 12.7. The van der Waals surface area contributed by atoms with Gasteiger partial charge in [-0.2, -0.15) is 0 Å². The molecular weight excluding hydrogens is 326 g/mol. The average Bonchev–Trinajstić information content (AvgIpc) is 2.62. The van der Waals surface area contributed by atoms with Crippen LogP contribution in [-0.2, 0) is 19.5 Å². The minimum absolute atomic E-state index is 0.0186. The molecule has 0 bridgehead atoms. The number of rotatable bonds is 3. The van der Waals surface area contributed by atoms with Crippen LogP contribution in [0.25, 0.3) is 0 Å². The van der Waals surface area contributed by atoms with Gasteiger partial charge in [-0.15, -0.1) is 0 Å². The highest BCUT2D eigenvalue weighted by atomic mass is 16.1. The normalized spacial score (nSPS) is 20.8. The van der Waals surface area contributed by atoms with Crippen molar-refractivity contribution in [1.29, 1.82) is 0 Å². The highest BCUT2D eigenvalue weighted by Crippen LogP contribution is 2.22. The predicted molar refractivity (Wildman–Crippen MR) is 102 cm³/mol. The van der Waals surface area contributed by atoms with Crippen molar-refractivity contribution >= 4 is 5.95 Å². The lowest BCUT2D eigenvalue weighted by atomic mass is 10.0. The second kappa shape index (κ2) is 7.19. The van der Waals surface area contributed by atoms with Crippen LogP contribution in [0.4, 0.5) is 5.95 Å². The number of anilines is 1. The van der Waals surface area contributed by atoms with Gasteiger partial charge in [0, 0.05) is 44.8 Å². The molecule has 2 aliphatic rings. The summed E-state index contributed by atoms with van der Waals surface area (Å²) < 4.78 is 0. The summed E-state index contributed by atoms with van der Waals surface area (Å²) in [6.07, 6.45) is 3.24. The maximum Gasteiger partial charge on any atom is 0.257 e. The summed E-state index contributed by atoms with van der Waals surface area (Å²) in [4.78, 5) is 29.6. The average molecular weight is 353 g/mol. The van der Waals surface area contributed by atoms with Crippen molar-refractivity contribution in [2.24, 2.45) is 5.92 Å². The Balaban J connectivity index is 1.52. The molecule has 6 heteroatoms. The number of hydrogen-bond donors (Lipinski definition) is 1. The van der Waals surface area contributed by atoms with Crippen LogP contribution in [0.15, 0.2) is 23.0 Å². The SMILES string of the molecule is Cc1cccc(CN2CCc3nc(N4CCC[C@@H](C)C4)[nH]c(=O)c3C2)n1. The van der Waals surface area contributed by atoms with Gasteiger partial charge in [0.05, 0.1) is 17.0 Å². The van der Waals surface area contributed by atoms with Crippen LogP contribution in [0.3, 0.4) is 0 Å². The van der Waals surface area contributed by atoms with Crippen LogP contribution in [0.2, 0.25) is 0 Å². The Morgan fingerprint density at radius 3 is 2.96 bits per heavy atom. The first-order valence-corrected chi connectivity index (χ1v) is 9.60. The summed E-state index contributed by atoms with van der Waals surface area (Å²) in [5.41, 5.74) is 3.88. The van der Waals surface area contributed by atoms with Crippen molar-refractivity contribution in [2.45, 2.75) is 46.2 Å². The number of aromatic nitrogens is 3. The zero-order valence-electron chi connectivity index (χ0n) is 15.7. The number of nitrogens with one attached hydrogen (secondary N) is 1. The van der Waals surface area contributed by atoms with Gasteiger partial charge in [-0.3, -0.25) is 19.7 Å². The minimum Gasteiger partial charge on any atom is -0.342 e. The third-order valence-corrected chi connectivity index (χ3v) is 5.42. The minimum atomic E-state index is 0.0186. The van der Waals surface area contributed by atoms with E-state index in [2.05, 4.69) is 26.7 Å². The number of nitrogens with zero attached hydrogens (tertiary/aromatic N) is 4. The number of piperidine rings is 1. The fourth-order valence-electron chi connectivity index (χ4n) is 4.05. The van der Waals surface area contributed by atoms with Gasteiger partial charge in [0.2, 0.25) is 5.95 Å². The first kappa shape index (κ1) is 17.2. The Kier molecular flexibility index (Phi) is 4.76. The molecule has 2 aromatic rings. The lowest BCUT2D eigenvalue weighted by Crippen LogP contribution is -2.39. The number of aryl methyl sites for hydroxylation is 1. The number of fused-ring (bicyclic) bond motifs is 1. The van der Waals surface area contributed by atoms with E-state index in [1.165, 1.54) is 12.8 Å². The van der Waals surface area contributed by atoms with E-state index in [1.54, 1.807) is 0 Å². The van der Waals surface area contributed by atoms with Gasteiger partial charge in [-0.1, -0.05) is 13.0 Å². The zero-order valence-corrected chi connectivity index (χ0v) is 15.7. The molecule has 0 unspecified atom stereocenters. The summed E-state index contributed by atoms with van der Waals surface area (Å²) in [5.74, 6) is 1.41. The van der Waals surface area contributed by atoms with Gasteiger partial charge in [-0.05, 0) is 37.8 Å². The smallest absolute Gasteiger partial charge is 0.257 e. The van der Waals surface area contributed by atoms with Gasteiger partial charge in [-0.25, -0.2) is 4.98 Å². The summed E-state index contributed by atoms with van der Waals surface area (Å²) in [5, 5.41) is 0. The second-order valence-corrected chi connectivity index (χ2v) is 7.74. The maximum atomic E-state index is 12.7. The fourth-order valence-corrected chi connectivity index (χ4v) is 4.05. The lowest BCUT2D eigenvalue weighted by Gasteiger charge is -2.33. The topological polar surface area (TPSA) is 65.1 Å². The van der Waals surface area contributed by atoms with Crippen molar-refractivity contribution in [3.05, 3.63) is 51.2 Å². The fraction of sp³-hybridized carbons (Fsp3) is 0.550. The molecule has 0 amide bonds. The summed E-state index contributed by atoms with van der Waals surface area (Å²) >= 11 is 0. The first-order chi connectivity index (χ1) is 12.6. The molecule has 138 valence electrons. The van der Waals surface area contributed by atoms with Crippen LogP contribution < -0.4 is 10.5 Å². The molecule has 2 aliphatic heterocycles. The van der Waals surface area contributed by atoms with E-state index < -0.39 is 0 Å². The third kappa shape index (κ3) is 3.65. The van der Waals surface area contributed by atoms with Crippen LogP contribution >= 0.6 is 0 Å². The Hall–Kier alpha value is -2.21. The molecule has 26 heavy (non-hydrogen) atoms. The largest absolute Gasteiger partial charge is 0.342 e. The summed E-state index contributed by atoms with van der Waals surface area (Å²) in [6, 6.07) is 6.09. The van der Waals surface area contributed by atoms with Crippen LogP contribution in [0.5, 0.6) is 0 Å². The molecule has 0 spiro atoms. The van der Waals surface area contributed by atoms with E-state index in [9.17, 15) is 4.79 Å². The zero-order chi connectivity index (χ0) is 18.1. The Labute approximate surface area is 154 Å². The summed E-state index contributed by atoms with van der Waals surface area (Å²) in [7, 11) is 0. The molecule has 0 aromatic carbocycles. The number of H-pyrrole nitrogens is 1. The molecule has 4 rings (SSSR count). The van der Waals surface area contributed by atoms with Crippen LogP contribution in [0, 0.1) is 12.8 Å². The van der Waals surface area contributed by atoms with Gasteiger partial charge in [0.15, 0.2) is 0 Å². The standard InChI is InChI=1S/C20H27N5O/c1-14-5-4-9-25(11-14)20-22-18-8-10-24(13-17(18)19(26)23-20)12-16-7-3-6-15(2)21-16/h3,6-7,14H,4-5,8-13H2,1-2H3,(H,22,23,26)/t14-/m1/s1. The number of aromatic amines is 1. The number of pyridine rings is 1. The molecule has 4 heterocycles. The quantitative estimate of drug-likeness (QED) is 0.917. The lowest BCUT2D eigenvalue weighted by molar-refractivity contribution is 0.239. The molecule has 0 saturated carbocycles. The molecule has 1 atom stereocenters. The molecule has 0 aliphatic carbocycles. The van der Waals surface area contributed by atoms with E-state index in [4.69, 9.17) is 4.98 Å². The predicted octanol–water partition coefficient (Wildman–Crippen LogP) is 2.27. The molecule has 2 aromatic heterocycles. The number of hydrogen-bond acceptors (Lipinski definition) is 5. The highest BCUT2D eigenvalue weighted by Gasteiger charge is 2.24. The molecule has 1 N–H and O–H groups in total. The molecule has 1 saturated heterocycles. The van der Waals surface area contributed by atoms with Gasteiger partial charge < -0.3 is 4.90 Å². The summed E-state index contributed by atoms with van der Waals surface area (Å²) in [6.45, 7) is 8.56. The Bertz CT molecular complexity index is 846. The van der Waals surface area contributed by atoms with E-state index in [0.29, 0.717) is 12.5 Å². The van der Waals surface area contributed by atoms with Gasteiger partial charge in [0.25, 0.3) is 5.56 Å². The Morgan fingerprint density at radius 1 is 1.27 bits per heavy atom. The van der Waals surface area contributed by atoms with Gasteiger partial charge in [0.1, 0.15) is 0 Å². The highest BCUT2D eigenvalue weighted by molar-refractivity contribution is 5.35. The molecule has 1 fully saturated rings. The van der Waals surface area contributed by atoms with E-state index in [-0.39, 0.29) is 5.56 Å². The van der Waals surface area contributed by atoms with E-state index in [1.807, 2.05) is 25.1 Å². The van der Waals surface area contributed by atoms with Gasteiger partial charge >= 0.3 is 0 Å². The Morgan fingerprint density at radius 2 is 2.15 bits per heavy atom. The van der Waals surface area contributed by atoms with E-state index >= 15 is 0 Å². The monoisotopic (exact) mass is 353 g/mol. The van der Waals surface area contributed by atoms with Crippen LogP contribution in [0.1, 0.15) is 42.4 Å². The first-order valence-electron chi connectivity index (χ1n) is 9.60. The van der Waals surface area contributed by atoms with Crippen molar-refractivity contribution in [3.8, 4) is 0 Å². The van der Waals surface area contributed by atoms with Crippen molar-refractivity contribution in [1.82, 2.24) is 19.9 Å². The molecule has 0 radical (unpaired) electrons. The van der Waals surface area contributed by atoms with Crippen molar-refractivity contribution < 1.29 is 0 Å². The molecular formula is C20H27N5O.